The van der Waals surface area contributed by atoms with E-state index in [9.17, 15) is 8.42 Å². The first kappa shape index (κ1) is 13.8. The summed E-state index contributed by atoms with van der Waals surface area (Å²) in [5, 5.41) is 0. The molecule has 0 amide bonds. The number of benzene rings is 1. The standard InChI is InChI=1S/C16H21NO2S/c1-16(13-7-5-6-8-14(16)12-11-13)17-20(18,19)15-9-3-2-4-10-15/h2-6,9-10,13-14,17H,7-8,11-12H2,1H3. The average Bonchev–Trinajstić information content (AvgIpc) is 2.58. The largest absolute Gasteiger partial charge is 0.241 e. The van der Waals surface area contributed by atoms with E-state index < -0.39 is 10.0 Å². The Morgan fingerprint density at radius 2 is 1.60 bits per heavy atom. The van der Waals surface area contributed by atoms with Crippen LogP contribution in [0.2, 0.25) is 0 Å². The molecule has 3 nitrogen and oxygen atoms in total. The van der Waals surface area contributed by atoms with Crippen molar-refractivity contribution in [2.45, 2.75) is 43.0 Å². The maximum atomic E-state index is 12.6. The van der Waals surface area contributed by atoms with Gasteiger partial charge in [0.25, 0.3) is 0 Å². The highest BCUT2D eigenvalue weighted by Gasteiger charge is 2.48. The first-order chi connectivity index (χ1) is 9.52. The minimum absolute atomic E-state index is 0.321. The fourth-order valence-corrected chi connectivity index (χ4v) is 5.24. The number of allylic oxidation sites excluding steroid dienone is 2. The van der Waals surface area contributed by atoms with E-state index in [1.54, 1.807) is 24.3 Å². The fourth-order valence-electron chi connectivity index (χ4n) is 3.70. The van der Waals surface area contributed by atoms with Crippen molar-refractivity contribution in [3.8, 4) is 0 Å². The second kappa shape index (κ2) is 5.01. The number of rotatable bonds is 3. The van der Waals surface area contributed by atoms with Crippen molar-refractivity contribution in [3.63, 3.8) is 0 Å². The summed E-state index contributed by atoms with van der Waals surface area (Å²) in [5.74, 6) is 0.814. The van der Waals surface area contributed by atoms with Crippen LogP contribution in [-0.4, -0.2) is 14.0 Å². The molecule has 3 rings (SSSR count). The molecule has 0 aliphatic heterocycles. The predicted molar refractivity (Wildman–Crippen MR) is 79.8 cm³/mol. The number of fused-ring (bicyclic) bond motifs is 2. The summed E-state index contributed by atoms with van der Waals surface area (Å²) in [6.45, 7) is 2.09. The van der Waals surface area contributed by atoms with Gasteiger partial charge in [-0.3, -0.25) is 0 Å². The van der Waals surface area contributed by atoms with E-state index in [0.717, 1.165) is 25.7 Å². The second-order valence-electron chi connectivity index (χ2n) is 6.12. The Balaban J connectivity index is 1.91. The lowest BCUT2D eigenvalue weighted by atomic mass is 9.82. The topological polar surface area (TPSA) is 46.2 Å². The van der Waals surface area contributed by atoms with Crippen molar-refractivity contribution in [3.05, 3.63) is 42.5 Å². The Morgan fingerprint density at radius 3 is 2.15 bits per heavy atom. The van der Waals surface area contributed by atoms with Crippen LogP contribution in [0, 0.1) is 11.8 Å². The predicted octanol–water partition coefficient (Wildman–Crippen LogP) is 3.10. The molecule has 2 aliphatic rings. The molecule has 0 heterocycles. The zero-order chi connectivity index (χ0) is 14.2. The summed E-state index contributed by atoms with van der Waals surface area (Å²) in [6.07, 6.45) is 8.60. The van der Waals surface area contributed by atoms with Crippen LogP contribution in [0.5, 0.6) is 0 Å². The van der Waals surface area contributed by atoms with Gasteiger partial charge in [0, 0.05) is 5.54 Å². The molecule has 2 bridgehead atoms. The smallest absolute Gasteiger partial charge is 0.207 e. The number of nitrogens with one attached hydrogen (secondary N) is 1. The highest BCUT2D eigenvalue weighted by molar-refractivity contribution is 7.89. The molecule has 108 valence electrons. The van der Waals surface area contributed by atoms with Gasteiger partial charge in [-0.25, -0.2) is 13.1 Å². The van der Waals surface area contributed by atoms with Gasteiger partial charge in [0.2, 0.25) is 10.0 Å². The first-order valence-corrected chi connectivity index (χ1v) is 8.75. The molecular formula is C16H21NO2S. The lowest BCUT2D eigenvalue weighted by Crippen LogP contribution is -2.52. The van der Waals surface area contributed by atoms with Gasteiger partial charge in [-0.15, -0.1) is 0 Å². The van der Waals surface area contributed by atoms with Gasteiger partial charge in [-0.1, -0.05) is 30.4 Å². The third-order valence-electron chi connectivity index (χ3n) is 4.98. The van der Waals surface area contributed by atoms with E-state index in [2.05, 4.69) is 23.8 Å². The molecule has 1 aromatic rings. The number of hydrogen-bond donors (Lipinski definition) is 1. The third-order valence-corrected chi connectivity index (χ3v) is 6.58. The van der Waals surface area contributed by atoms with Crippen LogP contribution < -0.4 is 4.72 Å². The van der Waals surface area contributed by atoms with Crippen LogP contribution in [0.3, 0.4) is 0 Å². The van der Waals surface area contributed by atoms with Crippen molar-refractivity contribution in [1.82, 2.24) is 4.72 Å². The lowest BCUT2D eigenvalue weighted by Gasteiger charge is -2.36. The van der Waals surface area contributed by atoms with Gasteiger partial charge in [0.1, 0.15) is 0 Å². The molecule has 20 heavy (non-hydrogen) atoms. The maximum Gasteiger partial charge on any atom is 0.241 e. The summed E-state index contributed by atoms with van der Waals surface area (Å²) in [7, 11) is -3.44. The van der Waals surface area contributed by atoms with Gasteiger partial charge < -0.3 is 0 Å². The molecule has 1 aromatic carbocycles. The second-order valence-corrected chi connectivity index (χ2v) is 7.80. The molecule has 4 heteroatoms. The molecule has 1 fully saturated rings. The summed E-state index contributed by atoms with van der Waals surface area (Å²) in [4.78, 5) is 0.359. The van der Waals surface area contributed by atoms with Crippen molar-refractivity contribution >= 4 is 10.0 Å². The molecule has 1 saturated carbocycles. The zero-order valence-electron chi connectivity index (χ0n) is 11.7. The molecule has 0 spiro atoms. The Morgan fingerprint density at radius 1 is 1.05 bits per heavy atom. The minimum Gasteiger partial charge on any atom is -0.207 e. The van der Waals surface area contributed by atoms with Gasteiger partial charge in [0.15, 0.2) is 0 Å². The summed E-state index contributed by atoms with van der Waals surface area (Å²) < 4.78 is 28.2. The number of hydrogen-bond acceptors (Lipinski definition) is 2. The molecule has 0 saturated heterocycles. The minimum atomic E-state index is -3.44. The Bertz CT molecular complexity index is 591. The monoisotopic (exact) mass is 291 g/mol. The van der Waals surface area contributed by atoms with Crippen molar-refractivity contribution in [2.75, 3.05) is 0 Å². The summed E-state index contributed by atoms with van der Waals surface area (Å²) >= 11 is 0. The highest BCUT2D eigenvalue weighted by Crippen LogP contribution is 2.46. The molecular weight excluding hydrogens is 270 g/mol. The van der Waals surface area contributed by atoms with Crippen LogP contribution in [0.1, 0.15) is 32.6 Å². The summed E-state index contributed by atoms with van der Waals surface area (Å²) in [6, 6.07) is 8.67. The highest BCUT2D eigenvalue weighted by atomic mass is 32.2. The molecule has 0 aromatic heterocycles. The third kappa shape index (κ3) is 2.31. The van der Waals surface area contributed by atoms with Crippen LogP contribution >= 0.6 is 0 Å². The molecule has 2 atom stereocenters. The molecule has 1 N–H and O–H groups in total. The lowest BCUT2D eigenvalue weighted by molar-refractivity contribution is 0.251. The van der Waals surface area contributed by atoms with Gasteiger partial charge >= 0.3 is 0 Å². The molecule has 2 aliphatic carbocycles. The normalized spacial score (nSPS) is 33.0. The Hall–Kier alpha value is -1.13. The van der Waals surface area contributed by atoms with Gasteiger partial charge in [-0.2, -0.15) is 0 Å². The quantitative estimate of drug-likeness (QED) is 0.870. The maximum absolute atomic E-state index is 12.6. The van der Waals surface area contributed by atoms with E-state index in [-0.39, 0.29) is 5.54 Å². The number of sulfonamides is 1. The summed E-state index contributed by atoms with van der Waals surface area (Å²) in [5.41, 5.74) is -0.321. The van der Waals surface area contributed by atoms with Crippen LogP contribution in [0.15, 0.2) is 47.4 Å². The van der Waals surface area contributed by atoms with E-state index >= 15 is 0 Å². The average molecular weight is 291 g/mol. The Kier molecular flexibility index (Phi) is 3.46. The van der Waals surface area contributed by atoms with Gasteiger partial charge in [-0.05, 0) is 56.6 Å². The SMILES string of the molecule is CC1(NS(=O)(=O)c2ccccc2)C2CC=CCC1CC2. The Labute approximate surface area is 121 Å². The van der Waals surface area contributed by atoms with E-state index in [4.69, 9.17) is 0 Å². The molecule has 2 unspecified atom stereocenters. The van der Waals surface area contributed by atoms with Gasteiger partial charge in [0.05, 0.1) is 4.90 Å². The molecule has 0 radical (unpaired) electrons. The van der Waals surface area contributed by atoms with Crippen LogP contribution in [-0.2, 0) is 10.0 Å². The first-order valence-electron chi connectivity index (χ1n) is 7.26. The van der Waals surface area contributed by atoms with E-state index in [0.29, 0.717) is 16.7 Å². The van der Waals surface area contributed by atoms with Crippen LogP contribution in [0.25, 0.3) is 0 Å². The van der Waals surface area contributed by atoms with Crippen molar-refractivity contribution in [2.24, 2.45) is 11.8 Å². The zero-order valence-corrected chi connectivity index (χ0v) is 12.6. The van der Waals surface area contributed by atoms with Crippen molar-refractivity contribution in [1.29, 1.82) is 0 Å². The van der Waals surface area contributed by atoms with Crippen molar-refractivity contribution < 1.29 is 8.42 Å². The van der Waals surface area contributed by atoms with E-state index in [1.165, 1.54) is 0 Å². The van der Waals surface area contributed by atoms with Crippen LogP contribution in [0.4, 0.5) is 0 Å². The van der Waals surface area contributed by atoms with E-state index in [1.807, 2.05) is 6.07 Å². The fraction of sp³-hybridized carbons (Fsp3) is 0.500.